The van der Waals surface area contributed by atoms with E-state index in [0.717, 1.165) is 0 Å². The van der Waals surface area contributed by atoms with E-state index in [1.807, 2.05) is 6.92 Å². The van der Waals surface area contributed by atoms with Crippen molar-refractivity contribution in [2.45, 2.75) is 31.4 Å². The van der Waals surface area contributed by atoms with Gasteiger partial charge >= 0.3 is 6.01 Å². The second kappa shape index (κ2) is 4.07. The average molecular weight is 244 g/mol. The zero-order valence-electron chi connectivity index (χ0n) is 9.20. The van der Waals surface area contributed by atoms with Gasteiger partial charge in [0.25, 0.3) is 0 Å². The van der Waals surface area contributed by atoms with Gasteiger partial charge in [-0.1, -0.05) is 11.6 Å². The molecule has 1 saturated carbocycles. The van der Waals surface area contributed by atoms with Gasteiger partial charge in [-0.3, -0.25) is 0 Å². The van der Waals surface area contributed by atoms with E-state index in [1.54, 1.807) is 0 Å². The highest BCUT2D eigenvalue weighted by Crippen LogP contribution is 2.34. The molecule has 6 heteroatoms. The summed E-state index contributed by atoms with van der Waals surface area (Å²) in [6.45, 7) is 1.81. The lowest BCUT2D eigenvalue weighted by atomic mass is 9.77. The number of hydrogen-bond donors (Lipinski definition) is 2. The van der Waals surface area contributed by atoms with Gasteiger partial charge in [0, 0.05) is 6.04 Å². The first kappa shape index (κ1) is 11.4. The number of methoxy groups -OCH3 is 1. The molecule has 1 aliphatic rings. The molecule has 16 heavy (non-hydrogen) atoms. The predicted octanol–water partition coefficient (Wildman–Crippen LogP) is 1.46. The summed E-state index contributed by atoms with van der Waals surface area (Å²) >= 11 is 5.94. The van der Waals surface area contributed by atoms with Crippen LogP contribution < -0.4 is 10.1 Å². The molecular weight excluding hydrogens is 230 g/mol. The molecule has 1 aromatic heterocycles. The lowest BCUT2D eigenvalue weighted by Gasteiger charge is -2.41. The van der Waals surface area contributed by atoms with Gasteiger partial charge < -0.3 is 15.2 Å². The van der Waals surface area contributed by atoms with Crippen LogP contribution in [0.1, 0.15) is 19.8 Å². The van der Waals surface area contributed by atoms with Crippen molar-refractivity contribution < 1.29 is 9.84 Å². The first-order valence-electron chi connectivity index (χ1n) is 5.05. The Labute approximate surface area is 98.8 Å². The van der Waals surface area contributed by atoms with Crippen LogP contribution in [-0.4, -0.2) is 33.8 Å². The SMILES string of the molecule is COc1ncc(Cl)c(NC2CC(C)(O)C2)n1. The second-order valence-corrected chi connectivity index (χ2v) is 4.71. The fourth-order valence-electron chi connectivity index (χ4n) is 1.85. The van der Waals surface area contributed by atoms with E-state index in [4.69, 9.17) is 16.3 Å². The Morgan fingerprint density at radius 3 is 2.88 bits per heavy atom. The van der Waals surface area contributed by atoms with Crippen LogP contribution in [0, 0.1) is 0 Å². The lowest BCUT2D eigenvalue weighted by Crippen LogP contribution is -2.48. The maximum atomic E-state index is 9.60. The van der Waals surface area contributed by atoms with Gasteiger partial charge in [0.05, 0.1) is 18.9 Å². The topological polar surface area (TPSA) is 67.3 Å². The van der Waals surface area contributed by atoms with Crippen molar-refractivity contribution >= 4 is 17.4 Å². The number of hydrogen-bond acceptors (Lipinski definition) is 5. The fraction of sp³-hybridized carbons (Fsp3) is 0.600. The van der Waals surface area contributed by atoms with Crippen LogP contribution in [0.15, 0.2) is 6.20 Å². The predicted molar refractivity (Wildman–Crippen MR) is 60.9 cm³/mol. The zero-order chi connectivity index (χ0) is 11.8. The normalized spacial score (nSPS) is 28.4. The summed E-state index contributed by atoms with van der Waals surface area (Å²) < 4.78 is 4.91. The van der Waals surface area contributed by atoms with Crippen LogP contribution in [0.5, 0.6) is 6.01 Å². The molecule has 1 aromatic rings. The molecule has 5 nitrogen and oxygen atoms in total. The Bertz CT molecular complexity index is 390. The summed E-state index contributed by atoms with van der Waals surface area (Å²) in [4.78, 5) is 7.98. The summed E-state index contributed by atoms with van der Waals surface area (Å²) in [5, 5.41) is 13.2. The van der Waals surface area contributed by atoms with Crippen molar-refractivity contribution in [3.63, 3.8) is 0 Å². The van der Waals surface area contributed by atoms with E-state index >= 15 is 0 Å². The van der Waals surface area contributed by atoms with Crippen LogP contribution in [-0.2, 0) is 0 Å². The van der Waals surface area contributed by atoms with Gasteiger partial charge in [0.15, 0.2) is 5.82 Å². The smallest absolute Gasteiger partial charge is 0.318 e. The fourth-order valence-corrected chi connectivity index (χ4v) is 1.99. The molecule has 0 bridgehead atoms. The van der Waals surface area contributed by atoms with E-state index in [-0.39, 0.29) is 12.1 Å². The van der Waals surface area contributed by atoms with Crippen molar-refractivity contribution in [3.8, 4) is 6.01 Å². The second-order valence-electron chi connectivity index (χ2n) is 4.30. The van der Waals surface area contributed by atoms with E-state index in [9.17, 15) is 5.11 Å². The van der Waals surface area contributed by atoms with Gasteiger partial charge in [0.2, 0.25) is 0 Å². The Balaban J connectivity index is 2.04. The molecule has 88 valence electrons. The van der Waals surface area contributed by atoms with Crippen LogP contribution in [0.3, 0.4) is 0 Å². The third-order valence-corrected chi connectivity index (χ3v) is 2.89. The minimum Gasteiger partial charge on any atom is -0.467 e. The molecule has 0 saturated heterocycles. The zero-order valence-corrected chi connectivity index (χ0v) is 9.95. The molecule has 1 aliphatic carbocycles. The highest BCUT2D eigenvalue weighted by molar-refractivity contribution is 6.32. The first-order chi connectivity index (χ1) is 7.50. The third kappa shape index (κ3) is 2.36. The van der Waals surface area contributed by atoms with Crippen molar-refractivity contribution in [1.82, 2.24) is 9.97 Å². The number of halogens is 1. The van der Waals surface area contributed by atoms with Crippen molar-refractivity contribution in [2.75, 3.05) is 12.4 Å². The van der Waals surface area contributed by atoms with Crippen molar-refractivity contribution in [3.05, 3.63) is 11.2 Å². The van der Waals surface area contributed by atoms with E-state index in [1.165, 1.54) is 13.3 Å². The minimum absolute atomic E-state index is 0.201. The number of ether oxygens (including phenoxy) is 1. The highest BCUT2D eigenvalue weighted by Gasteiger charge is 2.38. The molecule has 0 aromatic carbocycles. The quantitative estimate of drug-likeness (QED) is 0.842. The Hall–Kier alpha value is -1.07. The molecule has 0 atom stereocenters. The van der Waals surface area contributed by atoms with E-state index in [0.29, 0.717) is 23.7 Å². The Morgan fingerprint density at radius 2 is 2.31 bits per heavy atom. The Morgan fingerprint density at radius 1 is 1.62 bits per heavy atom. The standard InChI is InChI=1S/C10H14ClN3O2/c1-10(15)3-6(4-10)13-8-7(11)5-12-9(14-8)16-2/h5-6,15H,3-4H2,1-2H3,(H,12,13,14). The third-order valence-electron chi connectivity index (χ3n) is 2.62. The summed E-state index contributed by atoms with van der Waals surface area (Å²) in [7, 11) is 1.50. The van der Waals surface area contributed by atoms with Crippen molar-refractivity contribution in [2.24, 2.45) is 0 Å². The first-order valence-corrected chi connectivity index (χ1v) is 5.43. The minimum atomic E-state index is -0.568. The molecule has 0 aliphatic heterocycles. The maximum absolute atomic E-state index is 9.60. The van der Waals surface area contributed by atoms with Gasteiger partial charge in [-0.25, -0.2) is 4.98 Å². The van der Waals surface area contributed by atoms with E-state index in [2.05, 4.69) is 15.3 Å². The molecular formula is C10H14ClN3O2. The van der Waals surface area contributed by atoms with Crippen LogP contribution >= 0.6 is 11.6 Å². The molecule has 2 rings (SSSR count). The molecule has 2 N–H and O–H groups in total. The van der Waals surface area contributed by atoms with Crippen LogP contribution in [0.4, 0.5) is 5.82 Å². The monoisotopic (exact) mass is 243 g/mol. The summed E-state index contributed by atoms with van der Waals surface area (Å²) in [6.07, 6.45) is 2.87. The summed E-state index contributed by atoms with van der Waals surface area (Å²) in [6, 6.07) is 0.477. The van der Waals surface area contributed by atoms with Gasteiger partial charge in [0.1, 0.15) is 5.02 Å². The van der Waals surface area contributed by atoms with Crippen molar-refractivity contribution in [1.29, 1.82) is 0 Å². The number of nitrogens with zero attached hydrogens (tertiary/aromatic N) is 2. The molecule has 1 heterocycles. The molecule has 0 unspecified atom stereocenters. The van der Waals surface area contributed by atoms with Crippen LogP contribution in [0.25, 0.3) is 0 Å². The summed E-state index contributed by atoms with van der Waals surface area (Å²) in [5.41, 5.74) is -0.568. The number of anilines is 1. The van der Waals surface area contributed by atoms with Crippen LogP contribution in [0.2, 0.25) is 5.02 Å². The van der Waals surface area contributed by atoms with Gasteiger partial charge in [-0.2, -0.15) is 4.98 Å². The highest BCUT2D eigenvalue weighted by atomic mass is 35.5. The summed E-state index contributed by atoms with van der Waals surface area (Å²) in [5.74, 6) is 0.550. The number of aromatic nitrogens is 2. The van der Waals surface area contributed by atoms with E-state index < -0.39 is 5.60 Å². The molecule has 1 fully saturated rings. The number of nitrogens with one attached hydrogen (secondary N) is 1. The maximum Gasteiger partial charge on any atom is 0.318 e. The van der Waals surface area contributed by atoms with Gasteiger partial charge in [-0.15, -0.1) is 0 Å². The Kier molecular flexibility index (Phi) is 2.90. The molecule has 0 spiro atoms. The largest absolute Gasteiger partial charge is 0.467 e. The average Bonchev–Trinajstić information content (AvgIpc) is 2.18. The number of rotatable bonds is 3. The molecule has 0 radical (unpaired) electrons. The lowest BCUT2D eigenvalue weighted by molar-refractivity contribution is -0.0235. The number of aliphatic hydroxyl groups is 1. The molecule has 0 amide bonds. The van der Waals surface area contributed by atoms with Gasteiger partial charge in [-0.05, 0) is 19.8 Å².